The lowest BCUT2D eigenvalue weighted by molar-refractivity contribution is -0.00575. The Morgan fingerprint density at radius 3 is 2.71 bits per heavy atom. The van der Waals surface area contributed by atoms with Gasteiger partial charge < -0.3 is 14.5 Å². The van der Waals surface area contributed by atoms with Gasteiger partial charge in [-0.1, -0.05) is 0 Å². The summed E-state index contributed by atoms with van der Waals surface area (Å²) < 4.78 is 7.68. The number of nitrogens with zero attached hydrogens (tertiary/aromatic N) is 7. The second-order valence-corrected chi connectivity index (χ2v) is 8.83. The summed E-state index contributed by atoms with van der Waals surface area (Å²) in [6.07, 6.45) is 5.48. The van der Waals surface area contributed by atoms with Gasteiger partial charge in [0.15, 0.2) is 0 Å². The van der Waals surface area contributed by atoms with Crippen LogP contribution in [0.5, 0.6) is 0 Å². The number of ether oxygens (including phenoxy) is 1. The standard InChI is InChI=1S/C21H26N8O2/c1-12-8-28(9-13(2)31-12)21-25-17-10-27(7-6-14(17)18(30)26-21)19-15-4-3-5-16(15)24-20-22-11-23-29(19)20/h11-13H,3-10H2,1-2H3,(H,25,26,30). The minimum absolute atomic E-state index is 0.0303. The van der Waals surface area contributed by atoms with E-state index in [0.29, 0.717) is 37.8 Å². The maximum Gasteiger partial charge on any atom is 0.255 e. The number of anilines is 2. The summed E-state index contributed by atoms with van der Waals surface area (Å²) in [5.74, 6) is 2.33. The average molecular weight is 422 g/mol. The van der Waals surface area contributed by atoms with Crippen LogP contribution in [0.1, 0.15) is 42.8 Å². The summed E-state index contributed by atoms with van der Waals surface area (Å²) in [5, 5.41) is 4.44. The van der Waals surface area contributed by atoms with E-state index in [9.17, 15) is 4.79 Å². The predicted molar refractivity (Wildman–Crippen MR) is 115 cm³/mol. The number of hydrogen-bond acceptors (Lipinski definition) is 8. The monoisotopic (exact) mass is 422 g/mol. The third kappa shape index (κ3) is 3.08. The van der Waals surface area contributed by atoms with Crippen molar-refractivity contribution >= 4 is 17.5 Å². The van der Waals surface area contributed by atoms with Crippen molar-refractivity contribution in [2.75, 3.05) is 29.4 Å². The smallest absolute Gasteiger partial charge is 0.255 e. The van der Waals surface area contributed by atoms with Crippen molar-refractivity contribution in [2.24, 2.45) is 0 Å². The first-order valence-corrected chi connectivity index (χ1v) is 11.1. The van der Waals surface area contributed by atoms with Crippen molar-refractivity contribution in [1.29, 1.82) is 0 Å². The van der Waals surface area contributed by atoms with Gasteiger partial charge in [-0.25, -0.2) is 9.97 Å². The van der Waals surface area contributed by atoms with Crippen LogP contribution in [-0.2, 0) is 30.5 Å². The summed E-state index contributed by atoms with van der Waals surface area (Å²) in [5.41, 5.74) is 3.97. The molecular weight excluding hydrogens is 396 g/mol. The number of nitrogens with one attached hydrogen (secondary N) is 1. The highest BCUT2D eigenvalue weighted by Gasteiger charge is 2.30. The third-order valence-corrected chi connectivity index (χ3v) is 6.50. The molecule has 1 fully saturated rings. The molecule has 0 amide bonds. The molecule has 10 nitrogen and oxygen atoms in total. The second kappa shape index (κ2) is 7.01. The Kier molecular flexibility index (Phi) is 4.24. The topological polar surface area (TPSA) is 105 Å². The van der Waals surface area contributed by atoms with Crippen LogP contribution in [0.15, 0.2) is 11.1 Å². The molecular formula is C21H26N8O2. The molecule has 2 atom stereocenters. The van der Waals surface area contributed by atoms with Gasteiger partial charge >= 0.3 is 0 Å². The van der Waals surface area contributed by atoms with Crippen LogP contribution in [0.4, 0.5) is 11.8 Å². The summed E-state index contributed by atoms with van der Waals surface area (Å²) in [6, 6.07) is 0. The van der Waals surface area contributed by atoms with Gasteiger partial charge in [-0.15, -0.1) is 0 Å². The van der Waals surface area contributed by atoms with E-state index in [1.807, 2.05) is 18.4 Å². The van der Waals surface area contributed by atoms with Gasteiger partial charge in [-0.3, -0.25) is 9.78 Å². The zero-order valence-corrected chi connectivity index (χ0v) is 17.8. The van der Waals surface area contributed by atoms with Crippen LogP contribution in [0.2, 0.25) is 0 Å². The van der Waals surface area contributed by atoms with Gasteiger partial charge in [0.05, 0.1) is 30.1 Å². The fourth-order valence-corrected chi connectivity index (χ4v) is 5.23. The van der Waals surface area contributed by atoms with E-state index >= 15 is 0 Å². The molecule has 0 spiro atoms. The van der Waals surface area contributed by atoms with E-state index in [2.05, 4.69) is 24.9 Å². The van der Waals surface area contributed by atoms with Gasteiger partial charge in [0, 0.05) is 30.8 Å². The Labute approximate surface area is 179 Å². The molecule has 3 aromatic rings. The van der Waals surface area contributed by atoms with E-state index in [4.69, 9.17) is 14.7 Å². The molecule has 0 bridgehead atoms. The fourth-order valence-electron chi connectivity index (χ4n) is 5.23. The fraction of sp³-hybridized carbons (Fsp3) is 0.571. The molecule has 1 saturated heterocycles. The lowest BCUT2D eigenvalue weighted by Gasteiger charge is -2.36. The molecule has 3 aliphatic rings. The minimum atomic E-state index is -0.0303. The molecule has 1 aliphatic carbocycles. The Bertz CT molecular complexity index is 1210. The van der Waals surface area contributed by atoms with Crippen molar-refractivity contribution in [3.05, 3.63) is 39.2 Å². The minimum Gasteiger partial charge on any atom is -0.372 e. The molecule has 2 unspecified atom stereocenters. The first-order valence-electron chi connectivity index (χ1n) is 11.1. The van der Waals surface area contributed by atoms with Crippen LogP contribution in [0.3, 0.4) is 0 Å². The summed E-state index contributed by atoms with van der Waals surface area (Å²) in [6.45, 7) is 6.85. The lowest BCUT2D eigenvalue weighted by Crippen LogP contribution is -2.47. The molecule has 10 heteroatoms. The quantitative estimate of drug-likeness (QED) is 0.649. The van der Waals surface area contributed by atoms with E-state index in [-0.39, 0.29) is 17.8 Å². The number of fused-ring (bicyclic) bond motifs is 3. The number of aromatic amines is 1. The van der Waals surface area contributed by atoms with Gasteiger partial charge in [-0.05, 0) is 39.5 Å². The summed E-state index contributed by atoms with van der Waals surface area (Å²) >= 11 is 0. The van der Waals surface area contributed by atoms with Crippen LogP contribution < -0.4 is 15.4 Å². The zero-order valence-electron chi connectivity index (χ0n) is 17.8. The van der Waals surface area contributed by atoms with Crippen LogP contribution >= 0.6 is 0 Å². The van der Waals surface area contributed by atoms with Gasteiger partial charge in [0.1, 0.15) is 12.1 Å². The maximum absolute atomic E-state index is 12.9. The average Bonchev–Trinajstić information content (AvgIpc) is 3.39. The highest BCUT2D eigenvalue weighted by Crippen LogP contribution is 2.33. The molecule has 0 saturated carbocycles. The van der Waals surface area contributed by atoms with Crippen molar-refractivity contribution < 1.29 is 4.74 Å². The molecule has 6 rings (SSSR count). The number of morpholine rings is 1. The largest absolute Gasteiger partial charge is 0.372 e. The Morgan fingerprint density at radius 2 is 1.87 bits per heavy atom. The normalized spacial score (nSPS) is 23.3. The van der Waals surface area contributed by atoms with Crippen molar-refractivity contribution in [3.63, 3.8) is 0 Å². The molecule has 31 heavy (non-hydrogen) atoms. The predicted octanol–water partition coefficient (Wildman–Crippen LogP) is 0.873. The van der Waals surface area contributed by atoms with Crippen molar-refractivity contribution in [2.45, 2.75) is 58.3 Å². The number of rotatable bonds is 2. The molecule has 162 valence electrons. The third-order valence-electron chi connectivity index (χ3n) is 6.50. The van der Waals surface area contributed by atoms with Crippen molar-refractivity contribution in [3.8, 4) is 0 Å². The van der Waals surface area contributed by atoms with Crippen LogP contribution in [0.25, 0.3) is 5.78 Å². The Hall–Kier alpha value is -3.01. The Balaban J connectivity index is 1.39. The van der Waals surface area contributed by atoms with E-state index in [0.717, 1.165) is 48.6 Å². The molecule has 2 aliphatic heterocycles. The highest BCUT2D eigenvalue weighted by atomic mass is 16.5. The Morgan fingerprint density at radius 1 is 1.03 bits per heavy atom. The van der Waals surface area contributed by atoms with Crippen molar-refractivity contribution in [1.82, 2.24) is 29.5 Å². The molecule has 0 radical (unpaired) electrons. The van der Waals surface area contributed by atoms with Gasteiger partial charge in [-0.2, -0.15) is 14.6 Å². The second-order valence-electron chi connectivity index (χ2n) is 8.83. The first-order chi connectivity index (χ1) is 15.1. The van der Waals surface area contributed by atoms with Crippen LogP contribution in [-0.4, -0.2) is 61.4 Å². The molecule has 3 aromatic heterocycles. The lowest BCUT2D eigenvalue weighted by atomic mass is 10.1. The SMILES string of the molecule is CC1CN(c2nc3c(c(=O)[nH]2)CCN(c2c4c(nc5ncnn25)CCC4)C3)CC(C)O1. The number of H-pyrrole nitrogens is 1. The van der Waals surface area contributed by atoms with Crippen LogP contribution in [0, 0.1) is 0 Å². The first kappa shape index (κ1) is 18.7. The van der Waals surface area contributed by atoms with Gasteiger partial charge in [0.2, 0.25) is 5.95 Å². The molecule has 1 N–H and O–H groups in total. The van der Waals surface area contributed by atoms with E-state index in [1.165, 1.54) is 5.56 Å². The van der Waals surface area contributed by atoms with E-state index < -0.39 is 0 Å². The summed E-state index contributed by atoms with van der Waals surface area (Å²) in [7, 11) is 0. The maximum atomic E-state index is 12.9. The number of aromatic nitrogens is 6. The van der Waals surface area contributed by atoms with E-state index in [1.54, 1.807) is 6.33 Å². The molecule has 0 aromatic carbocycles. The number of hydrogen-bond donors (Lipinski definition) is 1. The highest BCUT2D eigenvalue weighted by molar-refractivity contribution is 5.57. The molecule has 5 heterocycles. The number of aryl methyl sites for hydroxylation is 1. The summed E-state index contributed by atoms with van der Waals surface area (Å²) in [4.78, 5) is 34.2. The zero-order chi connectivity index (χ0) is 21.1. The van der Waals surface area contributed by atoms with Gasteiger partial charge in [0.25, 0.3) is 11.3 Å².